The van der Waals surface area contributed by atoms with Crippen LogP contribution in [-0.4, -0.2) is 47.7 Å². The third-order valence-electron chi connectivity index (χ3n) is 3.22. The number of aryl methyl sites for hydroxylation is 1. The lowest BCUT2D eigenvalue weighted by molar-refractivity contribution is -0.109. The van der Waals surface area contributed by atoms with Crippen LogP contribution in [-0.2, 0) is 20.6 Å². The van der Waals surface area contributed by atoms with Gasteiger partial charge in [-0.15, -0.1) is 11.6 Å². The Morgan fingerprint density at radius 1 is 1.55 bits per heavy atom. The van der Waals surface area contributed by atoms with E-state index in [1.54, 1.807) is 6.92 Å². The first-order valence-corrected chi connectivity index (χ1v) is 8.42. The second kappa shape index (κ2) is 5.29. The molecule has 1 aliphatic heterocycles. The van der Waals surface area contributed by atoms with Crippen LogP contribution in [0.1, 0.15) is 32.2 Å². The van der Waals surface area contributed by atoms with Gasteiger partial charge in [0.15, 0.2) is 0 Å². The molecule has 0 radical (unpaired) electrons. The van der Waals surface area contributed by atoms with Crippen LogP contribution in [0.25, 0.3) is 0 Å². The van der Waals surface area contributed by atoms with E-state index < -0.39 is 15.6 Å². The van der Waals surface area contributed by atoms with Gasteiger partial charge in [0.25, 0.3) is 0 Å². The first kappa shape index (κ1) is 15.8. The zero-order valence-corrected chi connectivity index (χ0v) is 13.7. The fourth-order valence-electron chi connectivity index (χ4n) is 2.61. The summed E-state index contributed by atoms with van der Waals surface area (Å²) in [5.41, 5.74) is 0.363. The Morgan fingerprint density at radius 3 is 2.75 bits per heavy atom. The van der Waals surface area contributed by atoms with Gasteiger partial charge in [0.1, 0.15) is 4.90 Å². The second-order valence-corrected chi connectivity index (χ2v) is 7.89. The third kappa shape index (κ3) is 2.86. The number of rotatable bonds is 3. The summed E-state index contributed by atoms with van der Waals surface area (Å²) >= 11 is 5.78. The van der Waals surface area contributed by atoms with Crippen molar-refractivity contribution in [3.63, 3.8) is 0 Å². The standard InChI is InChI=1S/C12H20ClN3O3S/c1-8-6-16(7-12(3,4)19-8)20(17,18)11-9(2)14-15-10(11)5-13/h8H,5-7H2,1-4H3,(H,14,15). The lowest BCUT2D eigenvalue weighted by Crippen LogP contribution is -2.53. The molecule has 0 aliphatic carbocycles. The van der Waals surface area contributed by atoms with Crippen LogP contribution in [0.15, 0.2) is 4.90 Å². The van der Waals surface area contributed by atoms with Crippen molar-refractivity contribution in [1.82, 2.24) is 14.5 Å². The quantitative estimate of drug-likeness (QED) is 0.859. The van der Waals surface area contributed by atoms with Gasteiger partial charge in [0.2, 0.25) is 10.0 Å². The first-order chi connectivity index (χ1) is 9.17. The Labute approximate surface area is 124 Å². The number of aromatic amines is 1. The minimum Gasteiger partial charge on any atom is -0.370 e. The molecule has 8 heteroatoms. The van der Waals surface area contributed by atoms with Gasteiger partial charge in [-0.2, -0.15) is 9.40 Å². The number of sulfonamides is 1. The zero-order valence-electron chi connectivity index (χ0n) is 12.1. The van der Waals surface area contributed by atoms with Crippen LogP contribution in [0.3, 0.4) is 0 Å². The maximum absolute atomic E-state index is 12.8. The Morgan fingerprint density at radius 2 is 2.20 bits per heavy atom. The molecule has 0 amide bonds. The smallest absolute Gasteiger partial charge is 0.246 e. The summed E-state index contributed by atoms with van der Waals surface area (Å²) < 4.78 is 32.9. The molecule has 20 heavy (non-hydrogen) atoms. The minimum atomic E-state index is -3.62. The number of halogens is 1. The van der Waals surface area contributed by atoms with Gasteiger partial charge < -0.3 is 4.74 Å². The van der Waals surface area contributed by atoms with E-state index >= 15 is 0 Å². The molecule has 1 saturated heterocycles. The third-order valence-corrected chi connectivity index (χ3v) is 5.49. The topological polar surface area (TPSA) is 75.3 Å². The molecule has 114 valence electrons. The van der Waals surface area contributed by atoms with Crippen molar-refractivity contribution in [3.05, 3.63) is 11.4 Å². The van der Waals surface area contributed by atoms with Crippen LogP contribution < -0.4 is 0 Å². The first-order valence-electron chi connectivity index (χ1n) is 6.45. The molecule has 6 nitrogen and oxygen atoms in total. The van der Waals surface area contributed by atoms with Crippen LogP contribution >= 0.6 is 11.6 Å². The molecule has 0 aromatic carbocycles. The van der Waals surface area contributed by atoms with Gasteiger partial charge in [-0.1, -0.05) is 0 Å². The van der Waals surface area contributed by atoms with Gasteiger partial charge >= 0.3 is 0 Å². The normalized spacial score (nSPS) is 23.9. The van der Waals surface area contributed by atoms with Crippen molar-refractivity contribution in [1.29, 1.82) is 0 Å². The van der Waals surface area contributed by atoms with Crippen LogP contribution in [0.2, 0.25) is 0 Å². The number of hydrogen-bond donors (Lipinski definition) is 1. The average Bonchev–Trinajstić information content (AvgIpc) is 2.68. The molecule has 1 aliphatic rings. The molecule has 0 spiro atoms. The maximum Gasteiger partial charge on any atom is 0.246 e. The number of hydrogen-bond acceptors (Lipinski definition) is 4. The van der Waals surface area contributed by atoms with Crippen molar-refractivity contribution >= 4 is 21.6 Å². The molecule has 2 rings (SSSR count). The van der Waals surface area contributed by atoms with Gasteiger partial charge in [-0.3, -0.25) is 5.10 Å². The highest BCUT2D eigenvalue weighted by Gasteiger charge is 2.39. The summed E-state index contributed by atoms with van der Waals surface area (Å²) in [5, 5.41) is 6.65. The molecule has 1 unspecified atom stereocenters. The van der Waals surface area contributed by atoms with Crippen LogP contribution in [0.5, 0.6) is 0 Å². The molecule has 2 heterocycles. The molecule has 0 saturated carbocycles. The van der Waals surface area contributed by atoms with E-state index in [4.69, 9.17) is 16.3 Å². The van der Waals surface area contributed by atoms with Crippen LogP contribution in [0.4, 0.5) is 0 Å². The summed E-state index contributed by atoms with van der Waals surface area (Å²) in [7, 11) is -3.62. The Balaban J connectivity index is 2.42. The maximum atomic E-state index is 12.8. The van der Waals surface area contributed by atoms with Gasteiger partial charge in [0.05, 0.1) is 29.0 Å². The lowest BCUT2D eigenvalue weighted by atomic mass is 10.1. The van der Waals surface area contributed by atoms with Crippen molar-refractivity contribution in [3.8, 4) is 0 Å². The SMILES string of the molecule is Cc1[nH]nc(CCl)c1S(=O)(=O)N1CC(C)OC(C)(C)C1. The Hall–Kier alpha value is -0.630. The van der Waals surface area contributed by atoms with E-state index in [1.165, 1.54) is 4.31 Å². The Kier molecular flexibility index (Phi) is 4.17. The van der Waals surface area contributed by atoms with Crippen LogP contribution in [0, 0.1) is 6.92 Å². The van der Waals surface area contributed by atoms with Gasteiger partial charge in [-0.25, -0.2) is 8.42 Å². The second-order valence-electron chi connectivity index (χ2n) is 5.74. The molecule has 1 aromatic heterocycles. The number of ether oxygens (including phenoxy) is 1. The summed E-state index contributed by atoms with van der Waals surface area (Å²) in [5.74, 6) is 0.0577. The minimum absolute atomic E-state index is 0.0577. The van der Waals surface area contributed by atoms with Crippen molar-refractivity contribution in [2.24, 2.45) is 0 Å². The molecule has 1 N–H and O–H groups in total. The lowest BCUT2D eigenvalue weighted by Gasteiger charge is -2.40. The predicted molar refractivity (Wildman–Crippen MR) is 76.3 cm³/mol. The summed E-state index contributed by atoms with van der Waals surface area (Å²) in [6, 6.07) is 0. The highest BCUT2D eigenvalue weighted by molar-refractivity contribution is 7.89. The molecule has 1 atom stereocenters. The van der Waals surface area contributed by atoms with Crippen molar-refractivity contribution in [2.45, 2.75) is 50.2 Å². The van der Waals surface area contributed by atoms with Crippen molar-refractivity contribution in [2.75, 3.05) is 13.1 Å². The van der Waals surface area contributed by atoms with E-state index in [9.17, 15) is 8.42 Å². The van der Waals surface area contributed by atoms with E-state index in [1.807, 2.05) is 20.8 Å². The highest BCUT2D eigenvalue weighted by atomic mass is 35.5. The fourth-order valence-corrected chi connectivity index (χ4v) is 4.88. The average molecular weight is 322 g/mol. The number of aromatic nitrogens is 2. The summed E-state index contributed by atoms with van der Waals surface area (Å²) in [4.78, 5) is 0.192. The fraction of sp³-hybridized carbons (Fsp3) is 0.750. The molecular weight excluding hydrogens is 302 g/mol. The monoisotopic (exact) mass is 321 g/mol. The number of H-pyrrole nitrogens is 1. The largest absolute Gasteiger partial charge is 0.370 e. The number of nitrogens with zero attached hydrogens (tertiary/aromatic N) is 2. The number of morpholine rings is 1. The van der Waals surface area contributed by atoms with E-state index in [0.29, 0.717) is 24.5 Å². The van der Waals surface area contributed by atoms with Crippen molar-refractivity contribution < 1.29 is 13.2 Å². The molecule has 1 fully saturated rings. The highest BCUT2D eigenvalue weighted by Crippen LogP contribution is 2.29. The van der Waals surface area contributed by atoms with Gasteiger partial charge in [0, 0.05) is 13.1 Å². The molecular formula is C12H20ClN3O3S. The zero-order chi connectivity index (χ0) is 15.1. The molecule has 0 bridgehead atoms. The summed E-state index contributed by atoms with van der Waals surface area (Å²) in [6.45, 7) is 7.97. The predicted octanol–water partition coefficient (Wildman–Crippen LogP) is 1.64. The summed E-state index contributed by atoms with van der Waals surface area (Å²) in [6.07, 6.45) is -0.153. The van der Waals surface area contributed by atoms with E-state index in [0.717, 1.165) is 0 Å². The number of nitrogens with one attached hydrogen (secondary N) is 1. The van der Waals surface area contributed by atoms with E-state index in [-0.39, 0.29) is 16.9 Å². The number of alkyl halides is 1. The van der Waals surface area contributed by atoms with E-state index in [2.05, 4.69) is 10.2 Å². The molecule has 1 aromatic rings. The van der Waals surface area contributed by atoms with Gasteiger partial charge in [-0.05, 0) is 27.7 Å². The Bertz CT molecular complexity index is 597.